The minimum atomic E-state index is -4.32. The predicted octanol–water partition coefficient (Wildman–Crippen LogP) is 3.01. The van der Waals surface area contributed by atoms with Gasteiger partial charge in [0.2, 0.25) is 5.91 Å². The van der Waals surface area contributed by atoms with Crippen LogP contribution in [0.5, 0.6) is 0 Å². The third kappa shape index (κ3) is 4.22. The largest absolute Gasteiger partial charge is 0.416 e. The topological polar surface area (TPSA) is 23.6 Å². The molecule has 1 unspecified atom stereocenters. The normalized spacial score (nSPS) is 19.8. The van der Waals surface area contributed by atoms with Gasteiger partial charge in [-0.05, 0) is 31.0 Å². The zero-order chi connectivity index (χ0) is 16.3. The highest BCUT2D eigenvalue weighted by molar-refractivity contribution is 5.76. The van der Waals surface area contributed by atoms with Crippen molar-refractivity contribution in [1.82, 2.24) is 9.80 Å². The summed E-state index contributed by atoms with van der Waals surface area (Å²) in [6, 6.07) is 5.69. The first-order valence-electron chi connectivity index (χ1n) is 7.35. The molecule has 1 amide bonds. The molecule has 0 aromatic heterocycles. The van der Waals surface area contributed by atoms with Gasteiger partial charge in [-0.3, -0.25) is 4.79 Å². The quantitative estimate of drug-likeness (QED) is 0.853. The lowest BCUT2D eigenvalue weighted by Gasteiger charge is -2.32. The summed E-state index contributed by atoms with van der Waals surface area (Å²) in [6.45, 7) is 1.61. The second-order valence-corrected chi connectivity index (χ2v) is 6.03. The fourth-order valence-corrected chi connectivity index (χ4v) is 2.98. The Kier molecular flexibility index (Phi) is 5.11. The number of alkyl halides is 3. The number of amides is 1. The third-order valence-corrected chi connectivity index (χ3v) is 4.06. The zero-order valence-corrected chi connectivity index (χ0v) is 12.9. The van der Waals surface area contributed by atoms with Gasteiger partial charge in [-0.1, -0.05) is 18.2 Å². The van der Waals surface area contributed by atoms with Crippen LogP contribution >= 0.6 is 0 Å². The van der Waals surface area contributed by atoms with Crippen LogP contribution in [0.2, 0.25) is 0 Å². The molecule has 6 heteroatoms. The van der Waals surface area contributed by atoms with Gasteiger partial charge < -0.3 is 9.80 Å². The average Bonchev–Trinajstić information content (AvgIpc) is 2.42. The molecule has 1 atom stereocenters. The van der Waals surface area contributed by atoms with Gasteiger partial charge in [0.1, 0.15) is 0 Å². The fourth-order valence-electron chi connectivity index (χ4n) is 2.98. The Morgan fingerprint density at radius 3 is 2.64 bits per heavy atom. The smallest absolute Gasteiger partial charge is 0.345 e. The van der Waals surface area contributed by atoms with E-state index < -0.39 is 11.7 Å². The van der Waals surface area contributed by atoms with Crippen LogP contribution in [0, 0.1) is 5.92 Å². The number of halogens is 3. The lowest BCUT2D eigenvalue weighted by molar-refractivity contribution is -0.138. The van der Waals surface area contributed by atoms with Gasteiger partial charge in [0, 0.05) is 33.1 Å². The number of carbonyl (C=O) groups is 1. The molecule has 0 spiro atoms. The second-order valence-electron chi connectivity index (χ2n) is 6.03. The monoisotopic (exact) mass is 314 g/mol. The molecule has 3 nitrogen and oxygen atoms in total. The van der Waals surface area contributed by atoms with Crippen LogP contribution < -0.4 is 0 Å². The van der Waals surface area contributed by atoms with Gasteiger partial charge in [-0.15, -0.1) is 0 Å². The van der Waals surface area contributed by atoms with Gasteiger partial charge in [0.15, 0.2) is 0 Å². The molecule has 1 heterocycles. The summed E-state index contributed by atoms with van der Waals surface area (Å²) in [7, 11) is 3.59. The first kappa shape index (κ1) is 16.8. The van der Waals surface area contributed by atoms with Crippen molar-refractivity contribution in [2.45, 2.75) is 25.6 Å². The number of benzene rings is 1. The molecule has 22 heavy (non-hydrogen) atoms. The van der Waals surface area contributed by atoms with E-state index in [1.54, 1.807) is 18.0 Å². The Balaban J connectivity index is 1.98. The molecule has 1 aliphatic heterocycles. The number of likely N-dealkylation sites (tertiary alicyclic amines) is 1. The Hall–Kier alpha value is -1.56. The van der Waals surface area contributed by atoms with Gasteiger partial charge >= 0.3 is 6.18 Å². The van der Waals surface area contributed by atoms with Crippen molar-refractivity contribution in [3.05, 3.63) is 35.4 Å². The van der Waals surface area contributed by atoms with Crippen LogP contribution in [0.4, 0.5) is 13.2 Å². The highest BCUT2D eigenvalue weighted by Crippen LogP contribution is 2.32. The molecule has 1 aliphatic rings. The predicted molar refractivity (Wildman–Crippen MR) is 78.1 cm³/mol. The van der Waals surface area contributed by atoms with Crippen molar-refractivity contribution in [2.75, 3.05) is 27.2 Å². The SMILES string of the molecule is CN(Cc1ccccc1C(F)(F)F)CC1CCC(=O)N(C)C1. The Labute approximate surface area is 128 Å². The molecule has 0 bridgehead atoms. The van der Waals surface area contributed by atoms with Crippen LogP contribution in [0.1, 0.15) is 24.0 Å². The molecular formula is C16H21F3N2O. The molecule has 1 aromatic carbocycles. The summed E-state index contributed by atoms with van der Waals surface area (Å²) < 4.78 is 39.0. The maximum atomic E-state index is 13.0. The molecule has 0 saturated carbocycles. The van der Waals surface area contributed by atoms with E-state index in [1.807, 2.05) is 11.9 Å². The molecule has 1 saturated heterocycles. The molecule has 1 fully saturated rings. The van der Waals surface area contributed by atoms with E-state index in [9.17, 15) is 18.0 Å². The van der Waals surface area contributed by atoms with Crippen LogP contribution in [-0.2, 0) is 17.5 Å². The second kappa shape index (κ2) is 6.69. The number of piperidine rings is 1. The summed E-state index contributed by atoms with van der Waals surface area (Å²) in [4.78, 5) is 15.1. The van der Waals surface area contributed by atoms with Crippen LogP contribution in [-0.4, -0.2) is 42.9 Å². The van der Waals surface area contributed by atoms with Crippen LogP contribution in [0.3, 0.4) is 0 Å². The van der Waals surface area contributed by atoms with E-state index in [1.165, 1.54) is 12.1 Å². The van der Waals surface area contributed by atoms with Gasteiger partial charge in [0.05, 0.1) is 5.56 Å². The highest BCUT2D eigenvalue weighted by atomic mass is 19.4. The minimum absolute atomic E-state index is 0.140. The summed E-state index contributed by atoms with van der Waals surface area (Å²) in [6.07, 6.45) is -3.00. The van der Waals surface area contributed by atoms with E-state index >= 15 is 0 Å². The molecule has 0 radical (unpaired) electrons. The number of nitrogens with zero attached hydrogens (tertiary/aromatic N) is 2. The van der Waals surface area contributed by atoms with Crippen molar-refractivity contribution in [2.24, 2.45) is 5.92 Å². The van der Waals surface area contributed by atoms with Crippen molar-refractivity contribution < 1.29 is 18.0 Å². The molecule has 0 N–H and O–H groups in total. The fraction of sp³-hybridized carbons (Fsp3) is 0.562. The molecular weight excluding hydrogens is 293 g/mol. The van der Waals surface area contributed by atoms with E-state index in [0.29, 0.717) is 25.4 Å². The number of rotatable bonds is 4. The standard InChI is InChI=1S/C16H21F3N2O/c1-20(9-12-7-8-15(22)21(2)10-12)11-13-5-3-4-6-14(13)16(17,18)19/h3-6,12H,7-11H2,1-2H3. The third-order valence-electron chi connectivity index (χ3n) is 4.06. The minimum Gasteiger partial charge on any atom is -0.345 e. The first-order chi connectivity index (χ1) is 10.3. The van der Waals surface area contributed by atoms with Gasteiger partial charge in [-0.2, -0.15) is 13.2 Å². The van der Waals surface area contributed by atoms with Gasteiger partial charge in [-0.25, -0.2) is 0 Å². The Morgan fingerprint density at radius 2 is 2.00 bits per heavy atom. The van der Waals surface area contributed by atoms with E-state index in [2.05, 4.69) is 0 Å². The van der Waals surface area contributed by atoms with Crippen molar-refractivity contribution >= 4 is 5.91 Å². The van der Waals surface area contributed by atoms with E-state index in [-0.39, 0.29) is 18.0 Å². The van der Waals surface area contributed by atoms with Crippen LogP contribution in [0.15, 0.2) is 24.3 Å². The number of hydrogen-bond donors (Lipinski definition) is 0. The summed E-state index contributed by atoms with van der Waals surface area (Å²) in [5.74, 6) is 0.451. The molecule has 1 aromatic rings. The number of carbonyl (C=O) groups excluding carboxylic acids is 1. The number of hydrogen-bond acceptors (Lipinski definition) is 2. The van der Waals surface area contributed by atoms with Crippen molar-refractivity contribution in [1.29, 1.82) is 0 Å². The first-order valence-corrected chi connectivity index (χ1v) is 7.35. The molecule has 122 valence electrons. The lowest BCUT2D eigenvalue weighted by Crippen LogP contribution is -2.41. The highest BCUT2D eigenvalue weighted by Gasteiger charge is 2.33. The van der Waals surface area contributed by atoms with Crippen molar-refractivity contribution in [3.63, 3.8) is 0 Å². The summed E-state index contributed by atoms with van der Waals surface area (Å²) in [5.41, 5.74) is -0.282. The van der Waals surface area contributed by atoms with Crippen molar-refractivity contribution in [3.8, 4) is 0 Å². The zero-order valence-electron chi connectivity index (χ0n) is 12.9. The van der Waals surface area contributed by atoms with Gasteiger partial charge in [0.25, 0.3) is 0 Å². The average molecular weight is 314 g/mol. The van der Waals surface area contributed by atoms with E-state index in [0.717, 1.165) is 12.5 Å². The maximum Gasteiger partial charge on any atom is 0.416 e. The summed E-state index contributed by atoms with van der Waals surface area (Å²) in [5, 5.41) is 0. The lowest BCUT2D eigenvalue weighted by atomic mass is 9.97. The molecule has 0 aliphatic carbocycles. The molecule has 2 rings (SSSR count). The van der Waals surface area contributed by atoms with E-state index in [4.69, 9.17) is 0 Å². The summed E-state index contributed by atoms with van der Waals surface area (Å²) >= 11 is 0. The van der Waals surface area contributed by atoms with Crippen LogP contribution in [0.25, 0.3) is 0 Å². The Bertz CT molecular complexity index is 530. The maximum absolute atomic E-state index is 13.0. The Morgan fingerprint density at radius 1 is 1.32 bits per heavy atom.